The number of carbonyl (C=O) groups is 4. The molecule has 0 saturated carbocycles. The van der Waals surface area contributed by atoms with Crippen LogP contribution in [0.2, 0.25) is 0 Å². The Morgan fingerprint density at radius 1 is 1.00 bits per heavy atom. The lowest BCUT2D eigenvalue weighted by atomic mass is 10.2. The number of aliphatic carboxylic acids is 3. The fraction of sp³-hybridized carbons (Fsp3) is 0.636. The molecule has 1 amide bonds. The van der Waals surface area contributed by atoms with E-state index in [-0.39, 0.29) is 19.5 Å². The van der Waals surface area contributed by atoms with E-state index in [0.717, 1.165) is 4.90 Å². The largest absolute Gasteiger partial charge is 0.480 e. The van der Waals surface area contributed by atoms with Crippen LogP contribution < -0.4 is 11.1 Å². The van der Waals surface area contributed by atoms with Crippen molar-refractivity contribution in [3.05, 3.63) is 0 Å². The van der Waals surface area contributed by atoms with Crippen LogP contribution in [0.1, 0.15) is 12.8 Å². The maximum atomic E-state index is 11.5. The van der Waals surface area contributed by atoms with Crippen molar-refractivity contribution in [3.8, 4) is 0 Å². The minimum absolute atomic E-state index is 0.174. The second-order valence-corrected chi connectivity index (χ2v) is 4.37. The molecule has 0 aliphatic rings. The number of carboxylic acids is 3. The van der Waals surface area contributed by atoms with Gasteiger partial charge in [-0.25, -0.2) is 0 Å². The lowest BCUT2D eigenvalue weighted by Crippen LogP contribution is -2.42. The molecule has 0 spiro atoms. The van der Waals surface area contributed by atoms with Crippen molar-refractivity contribution in [2.45, 2.75) is 18.9 Å². The van der Waals surface area contributed by atoms with Crippen LogP contribution >= 0.6 is 0 Å². The lowest BCUT2D eigenvalue weighted by molar-refractivity contribution is -0.142. The number of hydrogen-bond donors (Lipinski definition) is 5. The third kappa shape index (κ3) is 10.3. The molecular weight excluding hydrogens is 286 g/mol. The summed E-state index contributed by atoms with van der Waals surface area (Å²) in [5.74, 6) is -4.15. The number of carboxylic acid groups (broad SMARTS) is 3. The molecule has 0 aliphatic carbocycles. The highest BCUT2D eigenvalue weighted by molar-refractivity contribution is 5.80. The Kier molecular flexibility index (Phi) is 8.65. The van der Waals surface area contributed by atoms with Crippen molar-refractivity contribution in [2.75, 3.05) is 26.2 Å². The number of nitrogens with two attached hydrogens (primary N) is 1. The van der Waals surface area contributed by atoms with Gasteiger partial charge in [0, 0.05) is 6.54 Å². The van der Waals surface area contributed by atoms with Crippen LogP contribution in [0.3, 0.4) is 0 Å². The average Bonchev–Trinajstić information content (AvgIpc) is 2.32. The molecule has 10 nitrogen and oxygen atoms in total. The molecule has 10 heteroatoms. The predicted octanol–water partition coefficient (Wildman–Crippen LogP) is -2.23. The highest BCUT2D eigenvalue weighted by Crippen LogP contribution is 1.94. The summed E-state index contributed by atoms with van der Waals surface area (Å²) in [5, 5.41) is 28.2. The first kappa shape index (κ1) is 18.8. The quantitative estimate of drug-likeness (QED) is 0.265. The van der Waals surface area contributed by atoms with Crippen molar-refractivity contribution in [1.82, 2.24) is 10.2 Å². The van der Waals surface area contributed by atoms with Crippen molar-refractivity contribution >= 4 is 23.8 Å². The van der Waals surface area contributed by atoms with Gasteiger partial charge in [-0.05, 0) is 12.8 Å². The van der Waals surface area contributed by atoms with E-state index in [0.29, 0.717) is 6.42 Å². The second kappa shape index (κ2) is 9.66. The van der Waals surface area contributed by atoms with Crippen LogP contribution in [0.25, 0.3) is 0 Å². The molecule has 0 saturated heterocycles. The van der Waals surface area contributed by atoms with E-state index in [1.165, 1.54) is 0 Å². The smallest absolute Gasteiger partial charge is 0.320 e. The lowest BCUT2D eigenvalue weighted by Gasteiger charge is -2.17. The van der Waals surface area contributed by atoms with Crippen molar-refractivity contribution in [3.63, 3.8) is 0 Å². The van der Waals surface area contributed by atoms with E-state index in [9.17, 15) is 19.2 Å². The zero-order valence-corrected chi connectivity index (χ0v) is 11.3. The van der Waals surface area contributed by atoms with Crippen LogP contribution in [0.15, 0.2) is 0 Å². The fourth-order valence-corrected chi connectivity index (χ4v) is 1.48. The molecule has 0 aromatic carbocycles. The Balaban J connectivity index is 4.05. The van der Waals surface area contributed by atoms with E-state index in [1.54, 1.807) is 0 Å². The van der Waals surface area contributed by atoms with Crippen molar-refractivity contribution in [2.24, 2.45) is 5.73 Å². The molecule has 0 aliphatic heterocycles. The van der Waals surface area contributed by atoms with Gasteiger partial charge in [0.05, 0.1) is 19.6 Å². The number of hydrogen-bond acceptors (Lipinski definition) is 6. The SMILES string of the molecule is N[C@@H](CCCNC(=O)CN(CC(=O)O)CC(=O)O)C(=O)O. The molecule has 1 atom stereocenters. The summed E-state index contributed by atoms with van der Waals surface area (Å²) in [5.41, 5.74) is 5.27. The van der Waals surface area contributed by atoms with E-state index in [2.05, 4.69) is 5.32 Å². The van der Waals surface area contributed by atoms with Gasteiger partial charge >= 0.3 is 17.9 Å². The molecule has 6 N–H and O–H groups in total. The van der Waals surface area contributed by atoms with Gasteiger partial charge in [-0.3, -0.25) is 24.1 Å². The molecule has 0 heterocycles. The molecule has 120 valence electrons. The van der Waals surface area contributed by atoms with Crippen LogP contribution in [-0.4, -0.2) is 76.3 Å². The van der Waals surface area contributed by atoms with E-state index >= 15 is 0 Å². The minimum atomic E-state index is -1.24. The van der Waals surface area contributed by atoms with E-state index in [4.69, 9.17) is 21.1 Å². The first-order valence-electron chi connectivity index (χ1n) is 6.13. The molecule has 0 aromatic heterocycles. The number of nitrogens with zero attached hydrogens (tertiary/aromatic N) is 1. The van der Waals surface area contributed by atoms with E-state index in [1.807, 2.05) is 0 Å². The molecule has 0 bridgehead atoms. The van der Waals surface area contributed by atoms with Gasteiger partial charge in [0.1, 0.15) is 6.04 Å². The monoisotopic (exact) mass is 305 g/mol. The summed E-state index contributed by atoms with van der Waals surface area (Å²) < 4.78 is 0. The van der Waals surface area contributed by atoms with Crippen LogP contribution in [-0.2, 0) is 19.2 Å². The van der Waals surface area contributed by atoms with Crippen LogP contribution in [0, 0.1) is 0 Å². The summed E-state index contributed by atoms with van der Waals surface area (Å²) in [6.07, 6.45) is 0.528. The molecule has 21 heavy (non-hydrogen) atoms. The number of nitrogens with one attached hydrogen (secondary N) is 1. The summed E-state index contributed by atoms with van der Waals surface area (Å²) in [4.78, 5) is 44.0. The summed E-state index contributed by atoms with van der Waals surface area (Å²) >= 11 is 0. The maximum absolute atomic E-state index is 11.5. The fourth-order valence-electron chi connectivity index (χ4n) is 1.48. The van der Waals surface area contributed by atoms with Gasteiger partial charge < -0.3 is 26.4 Å². The Morgan fingerprint density at radius 2 is 1.52 bits per heavy atom. The summed E-state index contributed by atoms with van der Waals surface area (Å²) in [6, 6.07) is -1.00. The van der Waals surface area contributed by atoms with Crippen molar-refractivity contribution < 1.29 is 34.5 Å². The van der Waals surface area contributed by atoms with E-state index < -0.39 is 42.9 Å². The normalized spacial score (nSPS) is 11.9. The van der Waals surface area contributed by atoms with Gasteiger partial charge in [-0.2, -0.15) is 0 Å². The van der Waals surface area contributed by atoms with Gasteiger partial charge in [0.25, 0.3) is 0 Å². The topological polar surface area (TPSA) is 170 Å². The van der Waals surface area contributed by atoms with Gasteiger partial charge in [-0.1, -0.05) is 0 Å². The summed E-state index contributed by atoms with van der Waals surface area (Å²) in [6.45, 7) is -1.33. The van der Waals surface area contributed by atoms with Crippen LogP contribution in [0.4, 0.5) is 0 Å². The Labute approximate surface area is 120 Å². The molecule has 0 unspecified atom stereocenters. The summed E-state index contributed by atoms with van der Waals surface area (Å²) in [7, 11) is 0. The van der Waals surface area contributed by atoms with Gasteiger partial charge in [0.2, 0.25) is 5.91 Å². The van der Waals surface area contributed by atoms with Crippen LogP contribution in [0.5, 0.6) is 0 Å². The molecule has 0 radical (unpaired) electrons. The number of amides is 1. The number of carbonyl (C=O) groups excluding carboxylic acids is 1. The standard InChI is InChI=1S/C11H19N3O7/c12-7(11(20)21)2-1-3-13-8(15)4-14(5-9(16)17)6-10(18)19/h7H,1-6,12H2,(H,13,15)(H,16,17)(H,18,19)(H,20,21)/t7-/m0/s1. The van der Waals surface area contributed by atoms with Gasteiger partial charge in [0.15, 0.2) is 0 Å². The van der Waals surface area contributed by atoms with Crippen molar-refractivity contribution in [1.29, 1.82) is 0 Å². The zero-order valence-electron chi connectivity index (χ0n) is 11.3. The molecule has 0 fully saturated rings. The Bertz CT molecular complexity index is 383. The minimum Gasteiger partial charge on any atom is -0.480 e. The first-order chi connectivity index (χ1) is 9.72. The number of rotatable bonds is 11. The molecule has 0 rings (SSSR count). The Morgan fingerprint density at radius 3 is 1.95 bits per heavy atom. The average molecular weight is 305 g/mol. The Hall–Kier alpha value is -2.20. The first-order valence-corrected chi connectivity index (χ1v) is 6.13. The molecule has 0 aromatic rings. The predicted molar refractivity (Wildman–Crippen MR) is 69.6 cm³/mol. The highest BCUT2D eigenvalue weighted by atomic mass is 16.4. The third-order valence-corrected chi connectivity index (χ3v) is 2.42. The highest BCUT2D eigenvalue weighted by Gasteiger charge is 2.17. The second-order valence-electron chi connectivity index (χ2n) is 4.37. The molecular formula is C11H19N3O7. The maximum Gasteiger partial charge on any atom is 0.320 e. The van der Waals surface area contributed by atoms with Gasteiger partial charge in [-0.15, -0.1) is 0 Å². The third-order valence-electron chi connectivity index (χ3n) is 2.42. The zero-order chi connectivity index (χ0) is 16.4.